The zero-order chi connectivity index (χ0) is 10.4. The first-order valence-corrected chi connectivity index (χ1v) is 4.52. The summed E-state index contributed by atoms with van der Waals surface area (Å²) >= 11 is 0. The summed E-state index contributed by atoms with van der Waals surface area (Å²) in [6, 6.07) is 3.41. The number of nitrogens with two attached hydrogens (primary N) is 1. The van der Waals surface area contributed by atoms with Crippen LogP contribution in [0.1, 0.15) is 13.3 Å². The van der Waals surface area contributed by atoms with Gasteiger partial charge in [-0.3, -0.25) is 4.79 Å². The van der Waals surface area contributed by atoms with Crippen molar-refractivity contribution in [1.82, 2.24) is 10.2 Å². The van der Waals surface area contributed by atoms with Gasteiger partial charge in [-0.1, -0.05) is 6.92 Å². The van der Waals surface area contributed by atoms with Crippen molar-refractivity contribution in [1.29, 1.82) is 0 Å². The fourth-order valence-electron chi connectivity index (χ4n) is 0.999. The quantitative estimate of drug-likeness (QED) is 0.727. The minimum absolute atomic E-state index is 0.0732. The lowest BCUT2D eigenvalue weighted by Crippen LogP contribution is -2.23. The lowest BCUT2D eigenvalue weighted by Gasteiger charge is -2.09. The van der Waals surface area contributed by atoms with Gasteiger partial charge in [-0.15, -0.1) is 5.10 Å². The van der Waals surface area contributed by atoms with Gasteiger partial charge in [0.25, 0.3) is 0 Å². The van der Waals surface area contributed by atoms with E-state index < -0.39 is 0 Å². The zero-order valence-electron chi connectivity index (χ0n) is 8.10. The van der Waals surface area contributed by atoms with Crippen LogP contribution < -0.4 is 11.1 Å². The predicted molar refractivity (Wildman–Crippen MR) is 53.5 cm³/mol. The molecule has 1 unspecified atom stereocenters. The van der Waals surface area contributed by atoms with Crippen molar-refractivity contribution in [3.63, 3.8) is 0 Å². The smallest absolute Gasteiger partial charge is 0.228 e. The SMILES string of the molecule is CC(CCN)C(=O)Nc1cccnn1. The number of rotatable bonds is 4. The third-order valence-corrected chi connectivity index (χ3v) is 1.87. The first-order chi connectivity index (χ1) is 6.74. The molecular weight excluding hydrogens is 180 g/mol. The normalized spacial score (nSPS) is 12.1. The summed E-state index contributed by atoms with van der Waals surface area (Å²) in [4.78, 5) is 11.5. The third-order valence-electron chi connectivity index (χ3n) is 1.87. The fraction of sp³-hybridized carbons (Fsp3) is 0.444. The minimum atomic E-state index is -0.0954. The number of carbonyl (C=O) groups is 1. The van der Waals surface area contributed by atoms with Gasteiger partial charge in [-0.05, 0) is 25.1 Å². The Hall–Kier alpha value is -1.49. The van der Waals surface area contributed by atoms with Crippen molar-refractivity contribution in [2.75, 3.05) is 11.9 Å². The third kappa shape index (κ3) is 3.10. The number of hydrogen-bond acceptors (Lipinski definition) is 4. The Balaban J connectivity index is 2.49. The molecule has 1 atom stereocenters. The lowest BCUT2D eigenvalue weighted by atomic mass is 10.1. The van der Waals surface area contributed by atoms with E-state index in [4.69, 9.17) is 5.73 Å². The molecule has 1 heterocycles. The fourth-order valence-corrected chi connectivity index (χ4v) is 0.999. The van der Waals surface area contributed by atoms with E-state index in [0.717, 1.165) is 0 Å². The van der Waals surface area contributed by atoms with Crippen LogP contribution in [0, 0.1) is 5.92 Å². The summed E-state index contributed by atoms with van der Waals surface area (Å²) in [6.45, 7) is 2.34. The topological polar surface area (TPSA) is 80.9 Å². The molecule has 0 saturated heterocycles. The number of anilines is 1. The van der Waals surface area contributed by atoms with Gasteiger partial charge in [-0.25, -0.2) is 0 Å². The Morgan fingerprint density at radius 3 is 3.07 bits per heavy atom. The van der Waals surface area contributed by atoms with Crippen molar-refractivity contribution >= 4 is 11.7 Å². The second kappa shape index (κ2) is 5.29. The standard InChI is InChI=1S/C9H14N4O/c1-7(4-5-10)9(14)12-8-3-2-6-11-13-8/h2-3,6-7H,4-5,10H2,1H3,(H,12,13,14). The van der Waals surface area contributed by atoms with Crippen LogP contribution in [-0.4, -0.2) is 22.6 Å². The highest BCUT2D eigenvalue weighted by atomic mass is 16.1. The first kappa shape index (κ1) is 10.6. The number of amides is 1. The molecule has 0 saturated carbocycles. The van der Waals surface area contributed by atoms with Crippen LogP contribution in [0.5, 0.6) is 0 Å². The van der Waals surface area contributed by atoms with Crippen molar-refractivity contribution in [3.8, 4) is 0 Å². The van der Waals surface area contributed by atoms with Crippen LogP contribution in [0.2, 0.25) is 0 Å². The van der Waals surface area contributed by atoms with Crippen LogP contribution >= 0.6 is 0 Å². The number of carbonyl (C=O) groups excluding carboxylic acids is 1. The Morgan fingerprint density at radius 1 is 1.71 bits per heavy atom. The number of nitrogens with zero attached hydrogens (tertiary/aromatic N) is 2. The molecule has 1 rings (SSSR count). The summed E-state index contributed by atoms with van der Waals surface area (Å²) in [6.07, 6.45) is 2.23. The molecule has 0 aliphatic rings. The average molecular weight is 194 g/mol. The van der Waals surface area contributed by atoms with Crippen molar-refractivity contribution < 1.29 is 4.79 Å². The lowest BCUT2D eigenvalue weighted by molar-refractivity contribution is -0.119. The highest BCUT2D eigenvalue weighted by Crippen LogP contribution is 2.05. The monoisotopic (exact) mass is 194 g/mol. The average Bonchev–Trinajstić information content (AvgIpc) is 2.19. The van der Waals surface area contributed by atoms with Crippen LogP contribution in [0.3, 0.4) is 0 Å². The van der Waals surface area contributed by atoms with E-state index in [1.807, 2.05) is 6.92 Å². The van der Waals surface area contributed by atoms with Crippen molar-refractivity contribution in [2.24, 2.45) is 11.7 Å². The molecule has 0 fully saturated rings. The van der Waals surface area contributed by atoms with E-state index in [0.29, 0.717) is 18.8 Å². The van der Waals surface area contributed by atoms with Crippen LogP contribution in [0.4, 0.5) is 5.82 Å². The Labute approximate surface area is 82.7 Å². The van der Waals surface area contributed by atoms with Gasteiger partial charge in [0.05, 0.1) is 0 Å². The van der Waals surface area contributed by atoms with Crippen LogP contribution in [0.25, 0.3) is 0 Å². The van der Waals surface area contributed by atoms with Gasteiger partial charge < -0.3 is 11.1 Å². The molecule has 14 heavy (non-hydrogen) atoms. The zero-order valence-corrected chi connectivity index (χ0v) is 8.10. The molecule has 76 valence electrons. The van der Waals surface area contributed by atoms with E-state index in [-0.39, 0.29) is 11.8 Å². The Morgan fingerprint density at radius 2 is 2.50 bits per heavy atom. The first-order valence-electron chi connectivity index (χ1n) is 4.52. The van der Waals surface area contributed by atoms with Gasteiger partial charge in [0.1, 0.15) is 0 Å². The highest BCUT2D eigenvalue weighted by Gasteiger charge is 2.11. The van der Waals surface area contributed by atoms with Gasteiger partial charge in [-0.2, -0.15) is 5.10 Å². The molecule has 0 aliphatic carbocycles. The Kier molecular flexibility index (Phi) is 4.00. The maximum atomic E-state index is 11.5. The second-order valence-corrected chi connectivity index (χ2v) is 3.08. The van der Waals surface area contributed by atoms with E-state index in [1.165, 1.54) is 0 Å². The summed E-state index contributed by atoms with van der Waals surface area (Å²) < 4.78 is 0. The summed E-state index contributed by atoms with van der Waals surface area (Å²) in [7, 11) is 0. The molecular formula is C9H14N4O. The van der Waals surface area contributed by atoms with Gasteiger partial charge in [0.15, 0.2) is 5.82 Å². The molecule has 1 aromatic rings. The van der Waals surface area contributed by atoms with Gasteiger partial charge >= 0.3 is 0 Å². The maximum Gasteiger partial charge on any atom is 0.228 e. The van der Waals surface area contributed by atoms with E-state index in [9.17, 15) is 4.79 Å². The molecule has 0 radical (unpaired) electrons. The molecule has 0 bridgehead atoms. The molecule has 0 spiro atoms. The number of hydrogen-bond donors (Lipinski definition) is 2. The molecule has 0 aliphatic heterocycles. The Bertz CT molecular complexity index is 288. The molecule has 5 heteroatoms. The van der Waals surface area contributed by atoms with Gasteiger partial charge in [0, 0.05) is 12.1 Å². The van der Waals surface area contributed by atoms with Crippen molar-refractivity contribution in [3.05, 3.63) is 18.3 Å². The second-order valence-electron chi connectivity index (χ2n) is 3.08. The molecule has 5 nitrogen and oxygen atoms in total. The molecule has 0 aromatic carbocycles. The van der Waals surface area contributed by atoms with Crippen molar-refractivity contribution in [2.45, 2.75) is 13.3 Å². The largest absolute Gasteiger partial charge is 0.330 e. The van der Waals surface area contributed by atoms with E-state index >= 15 is 0 Å². The van der Waals surface area contributed by atoms with E-state index in [1.54, 1.807) is 18.3 Å². The number of aromatic nitrogens is 2. The number of nitrogens with one attached hydrogen (secondary N) is 1. The summed E-state index contributed by atoms with van der Waals surface area (Å²) in [5.41, 5.74) is 5.35. The van der Waals surface area contributed by atoms with Gasteiger partial charge in [0.2, 0.25) is 5.91 Å². The molecule has 1 aromatic heterocycles. The minimum Gasteiger partial charge on any atom is -0.330 e. The molecule has 3 N–H and O–H groups in total. The highest BCUT2D eigenvalue weighted by molar-refractivity contribution is 5.91. The predicted octanol–water partition coefficient (Wildman–Crippen LogP) is 0.400. The summed E-state index contributed by atoms with van der Waals surface area (Å²) in [5, 5.41) is 10.1. The summed E-state index contributed by atoms with van der Waals surface area (Å²) in [5.74, 6) is 0.305. The maximum absolute atomic E-state index is 11.5. The van der Waals surface area contributed by atoms with Crippen LogP contribution in [-0.2, 0) is 4.79 Å². The van der Waals surface area contributed by atoms with E-state index in [2.05, 4.69) is 15.5 Å². The van der Waals surface area contributed by atoms with Crippen LogP contribution in [0.15, 0.2) is 18.3 Å². The molecule has 1 amide bonds.